The van der Waals surface area contributed by atoms with Gasteiger partial charge >= 0.3 is 5.97 Å². The lowest BCUT2D eigenvalue weighted by molar-refractivity contribution is -0.152. The highest BCUT2D eigenvalue weighted by Crippen LogP contribution is 2.40. The van der Waals surface area contributed by atoms with Gasteiger partial charge in [0.05, 0.1) is 19.8 Å². The summed E-state index contributed by atoms with van der Waals surface area (Å²) in [6.07, 6.45) is 0. The van der Waals surface area contributed by atoms with E-state index >= 15 is 0 Å². The molecule has 2 aromatic carbocycles. The van der Waals surface area contributed by atoms with Crippen molar-refractivity contribution >= 4 is 23.3 Å². The Labute approximate surface area is 151 Å². The van der Waals surface area contributed by atoms with Gasteiger partial charge in [-0.3, -0.25) is 19.3 Å². The number of hydrogen-bond donors (Lipinski definition) is 0. The van der Waals surface area contributed by atoms with Gasteiger partial charge in [-0.2, -0.15) is 0 Å². The van der Waals surface area contributed by atoms with E-state index in [1.807, 2.05) is 6.07 Å². The van der Waals surface area contributed by atoms with E-state index in [0.29, 0.717) is 17.0 Å². The number of carbonyl (C=O) groups is 3. The second-order valence-corrected chi connectivity index (χ2v) is 5.82. The maximum absolute atomic E-state index is 12.7. The van der Waals surface area contributed by atoms with E-state index in [4.69, 9.17) is 9.47 Å². The number of Topliss-reactive ketones (excluding diaryl/α,β-unsaturated/α-hetero) is 1. The Morgan fingerprint density at radius 1 is 1.04 bits per heavy atom. The first-order valence-electron chi connectivity index (χ1n) is 8.31. The molecule has 0 aliphatic carbocycles. The second kappa shape index (κ2) is 7.39. The number of hydrogen-bond acceptors (Lipinski definition) is 5. The van der Waals surface area contributed by atoms with Gasteiger partial charge in [-0.15, -0.1) is 0 Å². The normalized spacial score (nSPS) is 19.5. The number of amides is 1. The highest BCUT2D eigenvalue weighted by molar-refractivity contribution is 6.47. The average Bonchev–Trinajstić information content (AvgIpc) is 2.94. The molecule has 2 aromatic rings. The zero-order valence-electron chi connectivity index (χ0n) is 14.5. The van der Waals surface area contributed by atoms with Crippen LogP contribution in [0.4, 0.5) is 5.69 Å². The summed E-state index contributed by atoms with van der Waals surface area (Å²) in [6, 6.07) is 15.1. The Morgan fingerprint density at radius 3 is 2.27 bits per heavy atom. The Hall–Kier alpha value is -3.15. The number of methoxy groups -OCH3 is 1. The maximum Gasteiger partial charge on any atom is 0.319 e. The van der Waals surface area contributed by atoms with Crippen molar-refractivity contribution < 1.29 is 23.9 Å². The third-order valence-corrected chi connectivity index (χ3v) is 4.34. The van der Waals surface area contributed by atoms with Crippen LogP contribution in [0.1, 0.15) is 18.5 Å². The third-order valence-electron chi connectivity index (χ3n) is 4.34. The SMILES string of the molecule is CCOC(=O)[C@@H]1C(=O)C(=O)N(c2ccc(OC)cc2)[C@H]1c1ccccc1. The molecule has 1 heterocycles. The van der Waals surface area contributed by atoms with Gasteiger partial charge in [-0.1, -0.05) is 30.3 Å². The van der Waals surface area contributed by atoms with Gasteiger partial charge in [0.2, 0.25) is 5.78 Å². The number of rotatable bonds is 5. The van der Waals surface area contributed by atoms with E-state index in [0.717, 1.165) is 0 Å². The van der Waals surface area contributed by atoms with Gasteiger partial charge in [-0.25, -0.2) is 0 Å². The molecular formula is C20H19NO5. The molecule has 2 atom stereocenters. The summed E-state index contributed by atoms with van der Waals surface area (Å²) in [4.78, 5) is 39.1. The Kier molecular flexibility index (Phi) is 5.02. The van der Waals surface area contributed by atoms with Crippen LogP contribution in [0.3, 0.4) is 0 Å². The molecule has 0 aromatic heterocycles. The van der Waals surface area contributed by atoms with Crippen molar-refractivity contribution in [1.82, 2.24) is 0 Å². The first-order valence-corrected chi connectivity index (χ1v) is 8.31. The van der Waals surface area contributed by atoms with Crippen LogP contribution in [-0.2, 0) is 19.1 Å². The average molecular weight is 353 g/mol. The molecule has 1 fully saturated rings. The minimum absolute atomic E-state index is 0.140. The molecule has 3 rings (SSSR count). The molecule has 1 saturated heterocycles. The lowest BCUT2D eigenvalue weighted by Gasteiger charge is -2.27. The standard InChI is InChI=1S/C20H19NO5/c1-3-26-20(24)16-17(13-7-5-4-6-8-13)21(19(23)18(16)22)14-9-11-15(25-2)12-10-14/h4-12,16-17H,3H2,1-2H3/t16-,17-/m0/s1. The number of ether oxygens (including phenoxy) is 2. The number of carbonyl (C=O) groups excluding carboxylic acids is 3. The van der Waals surface area contributed by atoms with Crippen molar-refractivity contribution in [3.8, 4) is 5.75 Å². The highest BCUT2D eigenvalue weighted by atomic mass is 16.5. The lowest BCUT2D eigenvalue weighted by atomic mass is 9.93. The van der Waals surface area contributed by atoms with Crippen molar-refractivity contribution in [3.63, 3.8) is 0 Å². The van der Waals surface area contributed by atoms with Crippen LogP contribution in [0.2, 0.25) is 0 Å². The molecule has 1 aliphatic rings. The predicted octanol–water partition coefficient (Wildman–Crippen LogP) is 2.53. The summed E-state index contributed by atoms with van der Waals surface area (Å²) in [5, 5.41) is 0. The summed E-state index contributed by atoms with van der Waals surface area (Å²) in [7, 11) is 1.54. The van der Waals surface area contributed by atoms with Crippen LogP contribution >= 0.6 is 0 Å². The molecule has 0 saturated carbocycles. The monoisotopic (exact) mass is 353 g/mol. The van der Waals surface area contributed by atoms with Gasteiger partial charge < -0.3 is 9.47 Å². The number of nitrogens with zero attached hydrogens (tertiary/aromatic N) is 1. The van der Waals surface area contributed by atoms with E-state index in [2.05, 4.69) is 0 Å². The van der Waals surface area contributed by atoms with Crippen LogP contribution in [0.5, 0.6) is 5.75 Å². The number of benzene rings is 2. The number of anilines is 1. The van der Waals surface area contributed by atoms with Crippen LogP contribution in [-0.4, -0.2) is 31.4 Å². The molecule has 0 unspecified atom stereocenters. The molecule has 6 nitrogen and oxygen atoms in total. The van der Waals surface area contributed by atoms with Gasteiger partial charge in [0.15, 0.2) is 0 Å². The van der Waals surface area contributed by atoms with Crippen LogP contribution in [0, 0.1) is 5.92 Å². The van der Waals surface area contributed by atoms with E-state index in [1.165, 1.54) is 4.90 Å². The quantitative estimate of drug-likeness (QED) is 0.469. The summed E-state index contributed by atoms with van der Waals surface area (Å²) in [6.45, 7) is 1.80. The highest BCUT2D eigenvalue weighted by Gasteiger charge is 2.53. The Morgan fingerprint density at radius 2 is 1.69 bits per heavy atom. The summed E-state index contributed by atoms with van der Waals surface area (Å²) < 4.78 is 10.2. The first-order chi connectivity index (χ1) is 12.6. The second-order valence-electron chi connectivity index (χ2n) is 5.82. The van der Waals surface area contributed by atoms with E-state index in [-0.39, 0.29) is 6.61 Å². The van der Waals surface area contributed by atoms with Crippen molar-refractivity contribution in [2.24, 2.45) is 5.92 Å². The number of esters is 1. The Balaban J connectivity index is 2.09. The maximum atomic E-state index is 12.7. The fraction of sp³-hybridized carbons (Fsp3) is 0.250. The molecule has 0 radical (unpaired) electrons. The third kappa shape index (κ3) is 3.06. The van der Waals surface area contributed by atoms with E-state index < -0.39 is 29.6 Å². The summed E-state index contributed by atoms with van der Waals surface area (Å²) in [5.74, 6) is -2.72. The molecule has 0 spiro atoms. The lowest BCUT2D eigenvalue weighted by Crippen LogP contribution is -2.31. The van der Waals surface area contributed by atoms with Gasteiger partial charge in [0.1, 0.15) is 11.7 Å². The van der Waals surface area contributed by atoms with Gasteiger partial charge in [0.25, 0.3) is 5.91 Å². The minimum atomic E-state index is -1.19. The van der Waals surface area contributed by atoms with E-state index in [1.54, 1.807) is 62.6 Å². The fourth-order valence-electron chi connectivity index (χ4n) is 3.15. The summed E-state index contributed by atoms with van der Waals surface area (Å²) in [5.41, 5.74) is 1.21. The molecular weight excluding hydrogens is 334 g/mol. The fourth-order valence-corrected chi connectivity index (χ4v) is 3.15. The smallest absolute Gasteiger partial charge is 0.319 e. The molecule has 1 amide bonds. The van der Waals surface area contributed by atoms with Crippen LogP contribution < -0.4 is 9.64 Å². The topological polar surface area (TPSA) is 72.9 Å². The first kappa shape index (κ1) is 17.7. The van der Waals surface area contributed by atoms with E-state index in [9.17, 15) is 14.4 Å². The largest absolute Gasteiger partial charge is 0.497 e. The van der Waals surface area contributed by atoms with Crippen molar-refractivity contribution in [2.45, 2.75) is 13.0 Å². The molecule has 134 valence electrons. The van der Waals surface area contributed by atoms with Crippen molar-refractivity contribution in [1.29, 1.82) is 0 Å². The predicted molar refractivity (Wildman–Crippen MR) is 94.8 cm³/mol. The molecule has 26 heavy (non-hydrogen) atoms. The van der Waals surface area contributed by atoms with Gasteiger partial charge in [0, 0.05) is 5.69 Å². The minimum Gasteiger partial charge on any atom is -0.497 e. The van der Waals surface area contributed by atoms with Crippen molar-refractivity contribution in [2.75, 3.05) is 18.6 Å². The summed E-state index contributed by atoms with van der Waals surface area (Å²) >= 11 is 0. The number of ketones is 1. The van der Waals surface area contributed by atoms with Crippen molar-refractivity contribution in [3.05, 3.63) is 60.2 Å². The Bertz CT molecular complexity index is 816. The molecule has 0 bridgehead atoms. The van der Waals surface area contributed by atoms with Gasteiger partial charge in [-0.05, 0) is 36.8 Å². The molecule has 0 N–H and O–H groups in total. The van der Waals surface area contributed by atoms with Crippen LogP contribution in [0.25, 0.3) is 0 Å². The van der Waals surface area contributed by atoms with Crippen LogP contribution in [0.15, 0.2) is 54.6 Å². The zero-order valence-corrected chi connectivity index (χ0v) is 14.5. The molecule has 1 aliphatic heterocycles. The zero-order chi connectivity index (χ0) is 18.7. The molecule has 6 heteroatoms.